The molecule has 2 aliphatic rings. The van der Waals surface area contributed by atoms with Crippen molar-refractivity contribution in [3.8, 4) is 0 Å². The summed E-state index contributed by atoms with van der Waals surface area (Å²) in [5.74, 6) is 2.60. The molecule has 1 fully saturated rings. The molecular formula is C24H25NOP. The zero-order valence-corrected chi connectivity index (χ0v) is 16.8. The Morgan fingerprint density at radius 1 is 0.963 bits per heavy atom. The molecule has 5 radical (unpaired) electrons. The van der Waals surface area contributed by atoms with E-state index < -0.39 is 7.92 Å². The van der Waals surface area contributed by atoms with Gasteiger partial charge in [0.15, 0.2) is 5.90 Å². The molecule has 2 aromatic rings. The monoisotopic (exact) mass is 374 g/mol. The Morgan fingerprint density at radius 2 is 1.59 bits per heavy atom. The van der Waals surface area contributed by atoms with Crippen molar-refractivity contribution in [1.29, 1.82) is 0 Å². The Kier molecular flexibility index (Phi) is 5.93. The molecule has 0 spiro atoms. The first kappa shape index (κ1) is 18.7. The molecule has 1 atom stereocenters. The molecule has 1 heterocycles. The molecule has 1 unspecified atom stereocenters. The number of aliphatic imine (C=N–C) groups is 1. The Morgan fingerprint density at radius 3 is 2.19 bits per heavy atom. The third kappa shape index (κ3) is 4.27. The van der Waals surface area contributed by atoms with Crippen LogP contribution in [-0.2, 0) is 4.74 Å². The average Bonchev–Trinajstić information content (AvgIpc) is 3.33. The lowest BCUT2D eigenvalue weighted by Gasteiger charge is -2.28. The van der Waals surface area contributed by atoms with Crippen LogP contribution in [0.5, 0.6) is 0 Å². The van der Waals surface area contributed by atoms with Crippen LogP contribution in [-0.4, -0.2) is 18.5 Å². The van der Waals surface area contributed by atoms with Gasteiger partial charge in [0.2, 0.25) is 0 Å². The standard InChI is InChI=1S/C24H25NOP/c1-18(2)16-19-17-26-24(25-19)22-14-9-15-23(22)27(20-10-5-3-6-11-20)21-12-7-4-8-13-21/h3-15,18-19H,16-17H2,1-2H3. The molecule has 2 nitrogen and oxygen atoms in total. The minimum atomic E-state index is -0.638. The second-order valence-corrected chi connectivity index (χ2v) is 9.55. The smallest absolute Gasteiger partial charge is 0.192 e. The second-order valence-electron chi connectivity index (χ2n) is 7.36. The van der Waals surface area contributed by atoms with Gasteiger partial charge in [-0.15, -0.1) is 0 Å². The summed E-state index contributed by atoms with van der Waals surface area (Å²) in [6.07, 6.45) is 7.61. The van der Waals surface area contributed by atoms with E-state index in [1.165, 1.54) is 16.3 Å². The number of nitrogens with zero attached hydrogens (tertiary/aromatic N) is 1. The molecule has 1 saturated carbocycles. The Labute approximate surface area is 164 Å². The molecule has 0 N–H and O–H groups in total. The first-order valence-electron chi connectivity index (χ1n) is 9.59. The summed E-state index contributed by atoms with van der Waals surface area (Å²) < 4.78 is 6.03. The zero-order chi connectivity index (χ0) is 18.6. The highest BCUT2D eigenvalue weighted by molar-refractivity contribution is 7.76. The van der Waals surface area contributed by atoms with Crippen LogP contribution < -0.4 is 10.6 Å². The van der Waals surface area contributed by atoms with E-state index in [9.17, 15) is 0 Å². The summed E-state index contributed by atoms with van der Waals surface area (Å²) >= 11 is 0. The van der Waals surface area contributed by atoms with Crippen LogP contribution in [0.1, 0.15) is 20.3 Å². The molecule has 0 amide bonds. The minimum Gasteiger partial charge on any atom is -0.478 e. The lowest BCUT2D eigenvalue weighted by molar-refractivity contribution is 0.299. The van der Waals surface area contributed by atoms with Crippen molar-refractivity contribution in [3.05, 3.63) is 91.5 Å². The van der Waals surface area contributed by atoms with Crippen LogP contribution in [0.4, 0.5) is 0 Å². The van der Waals surface area contributed by atoms with Gasteiger partial charge in [-0.05, 0) is 50.1 Å². The van der Waals surface area contributed by atoms with E-state index in [0.29, 0.717) is 12.5 Å². The first-order chi connectivity index (χ1) is 13.2. The summed E-state index contributed by atoms with van der Waals surface area (Å²) in [5, 5.41) is 2.70. The van der Waals surface area contributed by atoms with Gasteiger partial charge in [-0.1, -0.05) is 74.5 Å². The molecular weight excluding hydrogens is 349 g/mol. The molecule has 0 bridgehead atoms. The number of rotatable bonds is 6. The van der Waals surface area contributed by atoms with E-state index in [1.54, 1.807) is 0 Å². The topological polar surface area (TPSA) is 21.6 Å². The third-order valence-corrected chi connectivity index (χ3v) is 7.25. The number of hydrogen-bond acceptors (Lipinski definition) is 2. The minimum absolute atomic E-state index is 0.280. The normalized spacial score (nSPS) is 21.0. The van der Waals surface area contributed by atoms with Gasteiger partial charge in [0.05, 0.1) is 12.0 Å². The van der Waals surface area contributed by atoms with Crippen LogP contribution in [0.25, 0.3) is 0 Å². The van der Waals surface area contributed by atoms with Gasteiger partial charge >= 0.3 is 0 Å². The van der Waals surface area contributed by atoms with Crippen LogP contribution in [0.2, 0.25) is 0 Å². The maximum atomic E-state index is 6.03. The molecule has 1 aliphatic carbocycles. The fraction of sp³-hybridized carbons (Fsp3) is 0.250. The molecule has 137 valence electrons. The van der Waals surface area contributed by atoms with E-state index >= 15 is 0 Å². The number of ether oxygens (including phenoxy) is 1. The lowest BCUT2D eigenvalue weighted by Crippen LogP contribution is -2.23. The average molecular weight is 374 g/mol. The zero-order valence-electron chi connectivity index (χ0n) is 15.9. The summed E-state index contributed by atoms with van der Waals surface area (Å²) in [5.41, 5.74) is 1.33. The SMILES string of the molecule is CC(C)CC1COC([C]2[CH][CH][CH][C]2P(c2ccccc2)c2ccccc2)=N1. The molecule has 4 rings (SSSR count). The number of hydrogen-bond donors (Lipinski definition) is 0. The van der Waals surface area contributed by atoms with Crippen LogP contribution in [0.3, 0.4) is 0 Å². The molecule has 0 aromatic heterocycles. The van der Waals surface area contributed by atoms with Gasteiger partial charge in [0.1, 0.15) is 6.61 Å². The molecule has 27 heavy (non-hydrogen) atoms. The predicted molar refractivity (Wildman–Crippen MR) is 115 cm³/mol. The van der Waals surface area contributed by atoms with Crippen molar-refractivity contribution in [2.45, 2.75) is 26.3 Å². The highest BCUT2D eigenvalue weighted by atomic mass is 31.1. The summed E-state index contributed by atoms with van der Waals surface area (Å²) in [6.45, 7) is 5.18. The largest absolute Gasteiger partial charge is 0.478 e. The van der Waals surface area contributed by atoms with E-state index in [4.69, 9.17) is 9.73 Å². The van der Waals surface area contributed by atoms with Gasteiger partial charge in [-0.2, -0.15) is 0 Å². The fourth-order valence-electron chi connectivity index (χ4n) is 3.60. The van der Waals surface area contributed by atoms with E-state index in [-0.39, 0.29) is 6.04 Å². The van der Waals surface area contributed by atoms with Gasteiger partial charge in [-0.25, -0.2) is 4.99 Å². The van der Waals surface area contributed by atoms with Gasteiger partial charge in [-0.3, -0.25) is 0 Å². The lowest BCUT2D eigenvalue weighted by atomic mass is 10.1. The quantitative estimate of drug-likeness (QED) is 0.672. The molecule has 2 aromatic carbocycles. The summed E-state index contributed by atoms with van der Waals surface area (Å²) in [6, 6.07) is 21.9. The predicted octanol–water partition coefficient (Wildman–Crippen LogP) is 4.70. The van der Waals surface area contributed by atoms with E-state index in [1.807, 2.05) is 0 Å². The third-order valence-electron chi connectivity index (χ3n) is 4.75. The van der Waals surface area contributed by atoms with Crippen molar-refractivity contribution in [3.63, 3.8) is 0 Å². The molecule has 0 saturated heterocycles. The number of benzene rings is 2. The Hall–Kier alpha value is -1.66. The maximum absolute atomic E-state index is 6.03. The highest BCUT2D eigenvalue weighted by Gasteiger charge is 2.42. The Bertz CT molecular complexity index is 719. The first-order valence-corrected chi connectivity index (χ1v) is 10.9. The van der Waals surface area contributed by atoms with Crippen molar-refractivity contribution >= 4 is 24.4 Å². The highest BCUT2D eigenvalue weighted by Crippen LogP contribution is 2.56. The van der Waals surface area contributed by atoms with Crippen molar-refractivity contribution in [2.75, 3.05) is 6.61 Å². The molecule has 1 aliphatic heterocycles. The summed E-state index contributed by atoms with van der Waals surface area (Å²) in [7, 11) is -0.638. The second kappa shape index (κ2) is 8.57. The van der Waals surface area contributed by atoms with Crippen LogP contribution in [0.15, 0.2) is 65.7 Å². The van der Waals surface area contributed by atoms with Crippen molar-refractivity contribution < 1.29 is 4.74 Å². The van der Waals surface area contributed by atoms with Crippen LogP contribution in [0, 0.1) is 36.8 Å². The van der Waals surface area contributed by atoms with E-state index in [0.717, 1.165) is 18.2 Å². The van der Waals surface area contributed by atoms with E-state index in [2.05, 4.69) is 93.8 Å². The fourth-order valence-corrected chi connectivity index (χ4v) is 6.04. The summed E-state index contributed by atoms with van der Waals surface area (Å²) in [4.78, 5) is 4.91. The Balaban J connectivity index is 1.64. The van der Waals surface area contributed by atoms with Crippen molar-refractivity contribution in [1.82, 2.24) is 0 Å². The maximum Gasteiger partial charge on any atom is 0.192 e. The van der Waals surface area contributed by atoms with Gasteiger partial charge < -0.3 is 4.74 Å². The molecule has 3 heteroatoms. The van der Waals surface area contributed by atoms with Gasteiger partial charge in [0, 0.05) is 5.66 Å². The van der Waals surface area contributed by atoms with Crippen LogP contribution >= 0.6 is 7.92 Å². The van der Waals surface area contributed by atoms with Gasteiger partial charge in [0.25, 0.3) is 0 Å². The van der Waals surface area contributed by atoms with Crippen molar-refractivity contribution in [2.24, 2.45) is 10.9 Å².